The third-order valence-corrected chi connectivity index (χ3v) is 3.89. The van der Waals surface area contributed by atoms with Gasteiger partial charge in [-0.3, -0.25) is 0 Å². The van der Waals surface area contributed by atoms with E-state index in [0.717, 1.165) is 26.9 Å². The molecule has 0 radical (unpaired) electrons. The third kappa shape index (κ3) is 1.26. The molecule has 0 aliphatic heterocycles. The van der Waals surface area contributed by atoms with Crippen LogP contribution in [0.15, 0.2) is 48.5 Å². The Kier molecular flexibility index (Phi) is 1.99. The Hall–Kier alpha value is -2.81. The molecule has 3 N–H and O–H groups in total. The van der Waals surface area contributed by atoms with E-state index in [9.17, 15) is 9.90 Å². The lowest BCUT2D eigenvalue weighted by atomic mass is 9.91. The minimum absolute atomic E-state index is 0.191. The number of carbonyl (C=O) groups is 1. The van der Waals surface area contributed by atoms with Crippen LogP contribution in [0.25, 0.3) is 32.3 Å². The summed E-state index contributed by atoms with van der Waals surface area (Å²) in [4.78, 5) is 11.5. The van der Waals surface area contributed by atoms with Crippen LogP contribution < -0.4 is 5.73 Å². The van der Waals surface area contributed by atoms with Crippen molar-refractivity contribution >= 4 is 44.0 Å². The molecule has 0 aliphatic carbocycles. The van der Waals surface area contributed by atoms with Crippen molar-refractivity contribution in [2.75, 3.05) is 5.73 Å². The summed E-state index contributed by atoms with van der Waals surface area (Å²) in [5, 5.41) is 15.4. The number of rotatable bonds is 1. The van der Waals surface area contributed by atoms with Gasteiger partial charge >= 0.3 is 5.97 Å². The Balaban J connectivity index is 2.39. The summed E-state index contributed by atoms with van der Waals surface area (Å²) >= 11 is 0. The van der Waals surface area contributed by atoms with Gasteiger partial charge in [-0.15, -0.1) is 0 Å². The molecule has 0 spiro atoms. The van der Waals surface area contributed by atoms with Crippen molar-refractivity contribution in [1.82, 2.24) is 0 Å². The summed E-state index contributed by atoms with van der Waals surface area (Å²) in [5.74, 6) is -0.986. The van der Waals surface area contributed by atoms with E-state index in [0.29, 0.717) is 11.1 Å². The number of carboxylic acid groups (broad SMARTS) is 1. The molecular weight excluding hydrogens is 250 g/mol. The van der Waals surface area contributed by atoms with Crippen molar-refractivity contribution in [1.29, 1.82) is 0 Å². The fraction of sp³-hybridized carbons (Fsp3) is 0. The third-order valence-electron chi connectivity index (χ3n) is 3.89. The van der Waals surface area contributed by atoms with Crippen molar-refractivity contribution in [2.24, 2.45) is 0 Å². The highest BCUT2D eigenvalue weighted by Crippen LogP contribution is 2.37. The van der Waals surface area contributed by atoms with Crippen molar-refractivity contribution < 1.29 is 9.90 Å². The summed E-state index contributed by atoms with van der Waals surface area (Å²) in [7, 11) is 0. The smallest absolute Gasteiger partial charge is 0.338 e. The summed E-state index contributed by atoms with van der Waals surface area (Å²) in [6, 6.07) is 15.7. The Morgan fingerprint density at radius 2 is 1.55 bits per heavy atom. The van der Waals surface area contributed by atoms with Crippen LogP contribution in [0.5, 0.6) is 0 Å². The highest BCUT2D eigenvalue weighted by Gasteiger charge is 2.17. The number of hydrogen-bond acceptors (Lipinski definition) is 2. The summed E-state index contributed by atoms with van der Waals surface area (Å²) < 4.78 is 0. The van der Waals surface area contributed by atoms with Gasteiger partial charge in [-0.25, -0.2) is 4.79 Å². The Morgan fingerprint density at radius 1 is 0.900 bits per heavy atom. The largest absolute Gasteiger partial charge is 0.478 e. The van der Waals surface area contributed by atoms with Crippen LogP contribution in [-0.2, 0) is 0 Å². The van der Waals surface area contributed by atoms with E-state index in [-0.39, 0.29) is 5.56 Å². The SMILES string of the molecule is Nc1cc2ccc3cccc4ccc(c1C(=O)O)c2c34. The molecule has 4 aromatic rings. The second kappa shape index (κ2) is 3.61. The lowest BCUT2D eigenvalue weighted by Gasteiger charge is -2.13. The lowest BCUT2D eigenvalue weighted by Crippen LogP contribution is -2.04. The maximum atomic E-state index is 11.5. The molecule has 0 saturated heterocycles. The van der Waals surface area contributed by atoms with E-state index < -0.39 is 5.97 Å². The average Bonchev–Trinajstić information content (AvgIpc) is 2.43. The van der Waals surface area contributed by atoms with Crippen LogP contribution >= 0.6 is 0 Å². The van der Waals surface area contributed by atoms with Gasteiger partial charge < -0.3 is 10.8 Å². The van der Waals surface area contributed by atoms with Crippen LogP contribution in [0.3, 0.4) is 0 Å². The van der Waals surface area contributed by atoms with E-state index >= 15 is 0 Å². The first kappa shape index (κ1) is 11.1. The molecule has 0 fully saturated rings. The van der Waals surface area contributed by atoms with Crippen LogP contribution in [0.2, 0.25) is 0 Å². The number of nitrogens with two attached hydrogens (primary N) is 1. The number of anilines is 1. The zero-order valence-electron chi connectivity index (χ0n) is 10.6. The highest BCUT2D eigenvalue weighted by molar-refractivity contribution is 6.27. The van der Waals surface area contributed by atoms with Crippen LogP contribution in [-0.4, -0.2) is 11.1 Å². The zero-order chi connectivity index (χ0) is 13.9. The molecule has 0 unspecified atom stereocenters. The standard InChI is InChI=1S/C17H11NO2/c18-13-8-11-5-4-9-2-1-3-10-6-7-12(15(11)14(9)10)16(13)17(19)20/h1-8H,18H2,(H,19,20). The lowest BCUT2D eigenvalue weighted by molar-refractivity contribution is 0.0700. The molecule has 0 atom stereocenters. The van der Waals surface area contributed by atoms with E-state index in [4.69, 9.17) is 5.73 Å². The highest BCUT2D eigenvalue weighted by atomic mass is 16.4. The maximum absolute atomic E-state index is 11.5. The first-order chi connectivity index (χ1) is 9.66. The van der Waals surface area contributed by atoms with Gasteiger partial charge in [0.25, 0.3) is 0 Å². The van der Waals surface area contributed by atoms with Crippen LogP contribution in [0.1, 0.15) is 10.4 Å². The Morgan fingerprint density at radius 3 is 2.25 bits per heavy atom. The number of nitrogen functional groups attached to an aromatic ring is 1. The van der Waals surface area contributed by atoms with Crippen molar-refractivity contribution in [3.05, 3.63) is 54.1 Å². The van der Waals surface area contributed by atoms with Gasteiger partial charge in [-0.05, 0) is 38.4 Å². The molecule has 0 heterocycles. The van der Waals surface area contributed by atoms with Crippen molar-refractivity contribution in [3.63, 3.8) is 0 Å². The first-order valence-electron chi connectivity index (χ1n) is 6.36. The molecule has 0 aliphatic rings. The quantitative estimate of drug-likeness (QED) is 0.404. The second-order valence-electron chi connectivity index (χ2n) is 5.00. The maximum Gasteiger partial charge on any atom is 0.338 e. The molecule has 3 nitrogen and oxygen atoms in total. The molecule has 20 heavy (non-hydrogen) atoms. The van der Waals surface area contributed by atoms with Gasteiger partial charge in [0.1, 0.15) is 0 Å². The van der Waals surface area contributed by atoms with Gasteiger partial charge in [0.05, 0.1) is 5.56 Å². The Bertz CT molecular complexity index is 973. The first-order valence-corrected chi connectivity index (χ1v) is 6.36. The number of hydrogen-bond donors (Lipinski definition) is 2. The predicted octanol–water partition coefficient (Wildman–Crippen LogP) is 3.86. The summed E-state index contributed by atoms with van der Waals surface area (Å²) in [6.07, 6.45) is 0. The molecule has 0 amide bonds. The molecule has 0 aromatic heterocycles. The monoisotopic (exact) mass is 261 g/mol. The predicted molar refractivity (Wildman–Crippen MR) is 81.5 cm³/mol. The Labute approximate surface area is 114 Å². The van der Waals surface area contributed by atoms with E-state index in [2.05, 4.69) is 0 Å². The topological polar surface area (TPSA) is 63.3 Å². The number of carboxylic acids is 1. The van der Waals surface area contributed by atoms with Gasteiger partial charge in [0, 0.05) is 5.69 Å². The molecule has 0 bridgehead atoms. The van der Waals surface area contributed by atoms with Crippen LogP contribution in [0, 0.1) is 0 Å². The molecule has 4 rings (SSSR count). The summed E-state index contributed by atoms with van der Waals surface area (Å²) in [5.41, 5.74) is 6.41. The van der Waals surface area contributed by atoms with Crippen LogP contribution in [0.4, 0.5) is 5.69 Å². The molecule has 3 heteroatoms. The molecule has 4 aromatic carbocycles. The zero-order valence-corrected chi connectivity index (χ0v) is 10.6. The van der Waals surface area contributed by atoms with Crippen molar-refractivity contribution in [2.45, 2.75) is 0 Å². The number of benzene rings is 4. The normalized spacial score (nSPS) is 11.6. The second-order valence-corrected chi connectivity index (χ2v) is 5.00. The minimum Gasteiger partial charge on any atom is -0.478 e. The van der Waals surface area contributed by atoms with E-state index in [1.54, 1.807) is 6.07 Å². The van der Waals surface area contributed by atoms with Crippen molar-refractivity contribution in [3.8, 4) is 0 Å². The van der Waals surface area contributed by atoms with Gasteiger partial charge in [-0.1, -0.05) is 42.5 Å². The fourth-order valence-electron chi connectivity index (χ4n) is 3.07. The minimum atomic E-state index is -0.986. The molecular formula is C17H11NO2. The van der Waals surface area contributed by atoms with Gasteiger partial charge in [0.2, 0.25) is 0 Å². The molecule has 0 saturated carbocycles. The summed E-state index contributed by atoms with van der Waals surface area (Å²) in [6.45, 7) is 0. The van der Waals surface area contributed by atoms with E-state index in [1.807, 2.05) is 42.5 Å². The van der Waals surface area contributed by atoms with Gasteiger partial charge in [0.15, 0.2) is 0 Å². The fourth-order valence-corrected chi connectivity index (χ4v) is 3.07. The van der Waals surface area contributed by atoms with E-state index in [1.165, 1.54) is 0 Å². The molecule has 96 valence electrons. The number of aromatic carboxylic acids is 1. The average molecular weight is 261 g/mol. The van der Waals surface area contributed by atoms with Gasteiger partial charge in [-0.2, -0.15) is 0 Å².